The zero-order valence-electron chi connectivity index (χ0n) is 12.3. The van der Waals surface area contributed by atoms with Crippen LogP contribution < -0.4 is 5.32 Å². The van der Waals surface area contributed by atoms with Crippen molar-refractivity contribution in [1.29, 1.82) is 0 Å². The standard InChI is InChI=1S/C17H28N2/c1-2-13-19(15-17-8-9-17)14-12-18-11-10-16-6-4-3-5-7-16/h3-7,17-18H,2,8-15H2,1H3. The maximum Gasteiger partial charge on any atom is 0.0107 e. The monoisotopic (exact) mass is 260 g/mol. The smallest absolute Gasteiger partial charge is 0.0107 e. The van der Waals surface area contributed by atoms with Crippen LogP contribution >= 0.6 is 0 Å². The summed E-state index contributed by atoms with van der Waals surface area (Å²) in [6.45, 7) is 8.29. The molecule has 0 unspecified atom stereocenters. The molecule has 19 heavy (non-hydrogen) atoms. The van der Waals surface area contributed by atoms with Crippen molar-refractivity contribution in [3.63, 3.8) is 0 Å². The van der Waals surface area contributed by atoms with Gasteiger partial charge in [-0.15, -0.1) is 0 Å². The number of nitrogens with zero attached hydrogens (tertiary/aromatic N) is 1. The van der Waals surface area contributed by atoms with Gasteiger partial charge in [0, 0.05) is 19.6 Å². The third-order valence-electron chi connectivity index (χ3n) is 3.79. The molecule has 0 amide bonds. The summed E-state index contributed by atoms with van der Waals surface area (Å²) in [6, 6.07) is 10.7. The molecule has 106 valence electrons. The number of benzene rings is 1. The first kappa shape index (κ1) is 14.5. The average molecular weight is 260 g/mol. The van der Waals surface area contributed by atoms with Crippen LogP contribution in [0.1, 0.15) is 31.7 Å². The van der Waals surface area contributed by atoms with Gasteiger partial charge in [0.25, 0.3) is 0 Å². The van der Waals surface area contributed by atoms with Gasteiger partial charge >= 0.3 is 0 Å². The highest BCUT2D eigenvalue weighted by Gasteiger charge is 2.23. The minimum absolute atomic E-state index is 1.01. The molecular formula is C17H28N2. The van der Waals surface area contributed by atoms with Crippen LogP contribution in [0.5, 0.6) is 0 Å². The minimum atomic E-state index is 1.01. The van der Waals surface area contributed by atoms with Gasteiger partial charge < -0.3 is 10.2 Å². The molecular weight excluding hydrogens is 232 g/mol. The van der Waals surface area contributed by atoms with Crippen molar-refractivity contribution in [2.75, 3.05) is 32.7 Å². The molecule has 2 nitrogen and oxygen atoms in total. The molecule has 1 N–H and O–H groups in total. The van der Waals surface area contributed by atoms with Crippen LogP contribution in [-0.2, 0) is 6.42 Å². The summed E-state index contributed by atoms with van der Waals surface area (Å²) in [7, 11) is 0. The average Bonchev–Trinajstić information content (AvgIpc) is 3.24. The van der Waals surface area contributed by atoms with E-state index in [-0.39, 0.29) is 0 Å². The van der Waals surface area contributed by atoms with Crippen LogP contribution in [0.4, 0.5) is 0 Å². The van der Waals surface area contributed by atoms with Gasteiger partial charge in [-0.25, -0.2) is 0 Å². The van der Waals surface area contributed by atoms with Crippen LogP contribution in [-0.4, -0.2) is 37.6 Å². The summed E-state index contributed by atoms with van der Waals surface area (Å²) in [6.07, 6.45) is 5.33. The van der Waals surface area contributed by atoms with Crippen molar-refractivity contribution in [3.8, 4) is 0 Å². The van der Waals surface area contributed by atoms with E-state index in [1.165, 1.54) is 44.5 Å². The van der Waals surface area contributed by atoms with Crippen molar-refractivity contribution in [2.24, 2.45) is 5.92 Å². The van der Waals surface area contributed by atoms with E-state index >= 15 is 0 Å². The van der Waals surface area contributed by atoms with E-state index < -0.39 is 0 Å². The Morgan fingerprint density at radius 1 is 1.11 bits per heavy atom. The van der Waals surface area contributed by atoms with E-state index in [0.29, 0.717) is 0 Å². The SMILES string of the molecule is CCCN(CCNCCc1ccccc1)CC1CC1. The molecule has 0 saturated heterocycles. The summed E-state index contributed by atoms with van der Waals surface area (Å²) >= 11 is 0. The first-order chi connectivity index (χ1) is 9.38. The zero-order chi connectivity index (χ0) is 13.3. The molecule has 1 fully saturated rings. The molecule has 0 spiro atoms. The number of hydrogen-bond donors (Lipinski definition) is 1. The van der Waals surface area contributed by atoms with Gasteiger partial charge in [0.15, 0.2) is 0 Å². The Kier molecular flexibility index (Phi) is 6.38. The van der Waals surface area contributed by atoms with Crippen LogP contribution in [0.2, 0.25) is 0 Å². The predicted molar refractivity (Wildman–Crippen MR) is 82.5 cm³/mol. The Bertz CT molecular complexity index is 332. The van der Waals surface area contributed by atoms with Gasteiger partial charge in [0.1, 0.15) is 0 Å². The van der Waals surface area contributed by atoms with E-state index in [1.807, 2.05) is 0 Å². The molecule has 2 heteroatoms. The van der Waals surface area contributed by atoms with Gasteiger partial charge in [0.05, 0.1) is 0 Å². The van der Waals surface area contributed by atoms with Gasteiger partial charge in [0.2, 0.25) is 0 Å². The first-order valence-corrected chi connectivity index (χ1v) is 7.85. The molecule has 2 rings (SSSR count). The summed E-state index contributed by atoms with van der Waals surface area (Å²) in [4.78, 5) is 2.63. The highest BCUT2D eigenvalue weighted by molar-refractivity contribution is 5.14. The molecule has 1 aromatic carbocycles. The zero-order valence-corrected chi connectivity index (χ0v) is 12.3. The second kappa shape index (κ2) is 8.34. The molecule has 1 saturated carbocycles. The number of nitrogens with one attached hydrogen (secondary N) is 1. The lowest BCUT2D eigenvalue weighted by Gasteiger charge is -2.21. The molecule has 0 aromatic heterocycles. The largest absolute Gasteiger partial charge is 0.315 e. The highest BCUT2D eigenvalue weighted by atomic mass is 15.1. The van der Waals surface area contributed by atoms with Crippen molar-refractivity contribution in [2.45, 2.75) is 32.6 Å². The summed E-state index contributed by atoms with van der Waals surface area (Å²) < 4.78 is 0. The van der Waals surface area contributed by atoms with Crippen molar-refractivity contribution < 1.29 is 0 Å². The van der Waals surface area contributed by atoms with E-state index in [0.717, 1.165) is 25.4 Å². The Morgan fingerprint density at radius 3 is 2.58 bits per heavy atom. The van der Waals surface area contributed by atoms with Gasteiger partial charge in [-0.05, 0) is 50.3 Å². The number of rotatable bonds is 10. The lowest BCUT2D eigenvalue weighted by atomic mass is 10.1. The third-order valence-corrected chi connectivity index (χ3v) is 3.79. The lowest BCUT2D eigenvalue weighted by molar-refractivity contribution is 0.263. The first-order valence-electron chi connectivity index (χ1n) is 7.85. The van der Waals surface area contributed by atoms with E-state index in [9.17, 15) is 0 Å². The van der Waals surface area contributed by atoms with Gasteiger partial charge in [-0.2, -0.15) is 0 Å². The van der Waals surface area contributed by atoms with Crippen LogP contribution in [0.3, 0.4) is 0 Å². The second-order valence-corrected chi connectivity index (χ2v) is 5.73. The Balaban J connectivity index is 1.54. The normalized spacial score (nSPS) is 15.1. The van der Waals surface area contributed by atoms with Crippen LogP contribution in [0.25, 0.3) is 0 Å². The Hall–Kier alpha value is -0.860. The third kappa shape index (κ3) is 6.22. The van der Waals surface area contributed by atoms with E-state index in [4.69, 9.17) is 0 Å². The molecule has 0 heterocycles. The number of hydrogen-bond acceptors (Lipinski definition) is 2. The maximum atomic E-state index is 3.57. The Labute approximate surface area is 118 Å². The Morgan fingerprint density at radius 2 is 1.89 bits per heavy atom. The topological polar surface area (TPSA) is 15.3 Å². The van der Waals surface area contributed by atoms with Crippen molar-refractivity contribution in [3.05, 3.63) is 35.9 Å². The summed E-state index contributed by atoms with van der Waals surface area (Å²) in [5.74, 6) is 1.01. The maximum absolute atomic E-state index is 3.57. The van der Waals surface area contributed by atoms with Gasteiger partial charge in [-0.1, -0.05) is 37.3 Å². The predicted octanol–water partition coefficient (Wildman–Crippen LogP) is 2.94. The van der Waals surface area contributed by atoms with Crippen LogP contribution in [0.15, 0.2) is 30.3 Å². The molecule has 1 aromatic rings. The quantitative estimate of drug-likeness (QED) is 0.651. The van der Waals surface area contributed by atoms with Crippen LogP contribution in [0, 0.1) is 5.92 Å². The fraction of sp³-hybridized carbons (Fsp3) is 0.647. The second-order valence-electron chi connectivity index (χ2n) is 5.73. The molecule has 1 aliphatic rings. The molecule has 0 atom stereocenters. The summed E-state index contributed by atoms with van der Waals surface area (Å²) in [5, 5.41) is 3.57. The molecule has 0 aliphatic heterocycles. The van der Waals surface area contributed by atoms with Crippen molar-refractivity contribution in [1.82, 2.24) is 10.2 Å². The molecule has 0 radical (unpaired) electrons. The molecule has 1 aliphatic carbocycles. The van der Waals surface area contributed by atoms with E-state index in [2.05, 4.69) is 47.5 Å². The van der Waals surface area contributed by atoms with Crippen molar-refractivity contribution >= 4 is 0 Å². The van der Waals surface area contributed by atoms with Gasteiger partial charge in [-0.3, -0.25) is 0 Å². The minimum Gasteiger partial charge on any atom is -0.315 e. The fourth-order valence-electron chi connectivity index (χ4n) is 2.52. The summed E-state index contributed by atoms with van der Waals surface area (Å²) in [5.41, 5.74) is 1.43. The molecule has 0 bridgehead atoms. The fourth-order valence-corrected chi connectivity index (χ4v) is 2.52. The lowest BCUT2D eigenvalue weighted by Crippen LogP contribution is -2.34. The van der Waals surface area contributed by atoms with E-state index in [1.54, 1.807) is 0 Å². The highest BCUT2D eigenvalue weighted by Crippen LogP contribution is 2.29.